The van der Waals surface area contributed by atoms with E-state index in [1.54, 1.807) is 0 Å². The summed E-state index contributed by atoms with van der Waals surface area (Å²) in [5, 5.41) is 3.40. The van der Waals surface area contributed by atoms with Crippen molar-refractivity contribution in [1.29, 1.82) is 0 Å². The van der Waals surface area contributed by atoms with Crippen LogP contribution >= 0.6 is 15.9 Å². The summed E-state index contributed by atoms with van der Waals surface area (Å²) < 4.78 is 1.17. The maximum atomic E-state index is 3.55. The van der Waals surface area contributed by atoms with Crippen LogP contribution in [0.25, 0.3) is 0 Å². The highest BCUT2D eigenvalue weighted by atomic mass is 79.9. The first-order chi connectivity index (χ1) is 8.70. The molecule has 0 fully saturated rings. The molecule has 2 rings (SSSR count). The maximum absolute atomic E-state index is 3.55. The average molecular weight is 304 g/mol. The van der Waals surface area contributed by atoms with Gasteiger partial charge in [-0.1, -0.05) is 58.4 Å². The summed E-state index contributed by atoms with van der Waals surface area (Å²) in [5.74, 6) is 0. The Hall–Kier alpha value is -1.12. The molecule has 0 radical (unpaired) electrons. The van der Waals surface area contributed by atoms with Crippen LogP contribution in [0.5, 0.6) is 0 Å². The van der Waals surface area contributed by atoms with E-state index in [-0.39, 0.29) is 0 Å². The van der Waals surface area contributed by atoms with Crippen molar-refractivity contribution in [2.45, 2.75) is 19.4 Å². The average Bonchev–Trinajstić information content (AvgIpc) is 2.40. The number of benzene rings is 2. The highest BCUT2D eigenvalue weighted by molar-refractivity contribution is 9.10. The van der Waals surface area contributed by atoms with Crippen molar-refractivity contribution in [3.63, 3.8) is 0 Å². The Morgan fingerprint density at radius 3 is 2.44 bits per heavy atom. The fourth-order valence-electron chi connectivity index (χ4n) is 2.12. The van der Waals surface area contributed by atoms with Gasteiger partial charge in [-0.3, -0.25) is 0 Å². The molecule has 0 saturated carbocycles. The highest BCUT2D eigenvalue weighted by Crippen LogP contribution is 2.23. The second-order valence-corrected chi connectivity index (χ2v) is 5.39. The van der Waals surface area contributed by atoms with Gasteiger partial charge in [-0.15, -0.1) is 0 Å². The van der Waals surface area contributed by atoms with Gasteiger partial charge in [-0.05, 0) is 43.1 Å². The van der Waals surface area contributed by atoms with E-state index in [9.17, 15) is 0 Å². The van der Waals surface area contributed by atoms with Gasteiger partial charge in [0.2, 0.25) is 0 Å². The third-order valence-corrected chi connectivity index (χ3v) is 4.11. The fourth-order valence-corrected chi connectivity index (χ4v) is 2.37. The second-order valence-electron chi connectivity index (χ2n) is 4.54. The summed E-state index contributed by atoms with van der Waals surface area (Å²) in [7, 11) is 2.02. The topological polar surface area (TPSA) is 12.0 Å². The van der Waals surface area contributed by atoms with Gasteiger partial charge in [0.25, 0.3) is 0 Å². The molecule has 0 spiro atoms. The van der Waals surface area contributed by atoms with E-state index >= 15 is 0 Å². The maximum Gasteiger partial charge on any atom is 0.0358 e. The Morgan fingerprint density at radius 2 is 1.83 bits per heavy atom. The van der Waals surface area contributed by atoms with Crippen LogP contribution in [0, 0.1) is 6.92 Å². The van der Waals surface area contributed by atoms with Gasteiger partial charge in [-0.25, -0.2) is 0 Å². The lowest BCUT2D eigenvalue weighted by Crippen LogP contribution is -2.18. The summed E-state index contributed by atoms with van der Waals surface area (Å²) in [6.07, 6.45) is 1.01. The van der Waals surface area contributed by atoms with E-state index in [1.807, 2.05) is 7.05 Å². The third-order valence-electron chi connectivity index (χ3n) is 3.22. The molecule has 0 amide bonds. The normalized spacial score (nSPS) is 12.4. The molecule has 1 nitrogen and oxygen atoms in total. The molecular weight excluding hydrogens is 286 g/mol. The molecule has 2 aromatic rings. The molecule has 0 aliphatic heterocycles. The minimum absolute atomic E-state index is 0.360. The lowest BCUT2D eigenvalue weighted by Gasteiger charge is -2.17. The first kappa shape index (κ1) is 13.3. The molecule has 0 bridgehead atoms. The van der Waals surface area contributed by atoms with Crippen molar-refractivity contribution in [3.05, 3.63) is 69.7 Å². The van der Waals surface area contributed by atoms with Gasteiger partial charge in [0.1, 0.15) is 0 Å². The molecule has 1 N–H and O–H groups in total. The van der Waals surface area contributed by atoms with Crippen LogP contribution in [0.1, 0.15) is 22.7 Å². The van der Waals surface area contributed by atoms with Crippen LogP contribution in [0.15, 0.2) is 53.0 Å². The predicted octanol–water partition coefficient (Wildman–Crippen LogP) is 4.26. The Morgan fingerprint density at radius 1 is 1.11 bits per heavy atom. The summed E-state index contributed by atoms with van der Waals surface area (Å²) in [4.78, 5) is 0. The van der Waals surface area contributed by atoms with Crippen molar-refractivity contribution in [2.24, 2.45) is 0 Å². The molecule has 18 heavy (non-hydrogen) atoms. The fraction of sp³-hybridized carbons (Fsp3) is 0.250. The van der Waals surface area contributed by atoms with Gasteiger partial charge in [0.15, 0.2) is 0 Å². The molecule has 1 unspecified atom stereocenters. The molecule has 94 valence electrons. The van der Waals surface area contributed by atoms with Crippen LogP contribution in [0.4, 0.5) is 0 Å². The predicted molar refractivity (Wildman–Crippen MR) is 80.8 cm³/mol. The molecule has 0 saturated heterocycles. The number of halogens is 1. The molecule has 0 aromatic heterocycles. The number of rotatable bonds is 4. The minimum atomic E-state index is 0.360. The summed E-state index contributed by atoms with van der Waals surface area (Å²) in [6.45, 7) is 2.13. The standard InChI is InChI=1S/C16H18BrN/c1-12-10-14(8-9-15(12)17)16(18-2)11-13-6-4-3-5-7-13/h3-10,16,18H,11H2,1-2H3. The van der Waals surface area contributed by atoms with Crippen LogP contribution in [-0.4, -0.2) is 7.05 Å². The Labute approximate surface area is 117 Å². The summed E-state index contributed by atoms with van der Waals surface area (Å²) >= 11 is 3.55. The van der Waals surface area contributed by atoms with Crippen molar-refractivity contribution in [3.8, 4) is 0 Å². The van der Waals surface area contributed by atoms with E-state index < -0.39 is 0 Å². The molecule has 1 atom stereocenters. The summed E-state index contributed by atoms with van der Waals surface area (Å²) in [5.41, 5.74) is 3.97. The lowest BCUT2D eigenvalue weighted by molar-refractivity contribution is 0.591. The molecule has 0 heterocycles. The molecule has 0 aliphatic rings. The Kier molecular flexibility index (Phi) is 4.56. The first-order valence-electron chi connectivity index (χ1n) is 6.18. The van der Waals surface area contributed by atoms with Gasteiger partial charge < -0.3 is 5.32 Å². The number of nitrogens with one attached hydrogen (secondary N) is 1. The summed E-state index contributed by atoms with van der Waals surface area (Å²) in [6, 6.07) is 17.5. The highest BCUT2D eigenvalue weighted by Gasteiger charge is 2.10. The second kappa shape index (κ2) is 6.17. The Bertz CT molecular complexity index is 508. The van der Waals surface area contributed by atoms with Crippen molar-refractivity contribution < 1.29 is 0 Å². The van der Waals surface area contributed by atoms with Gasteiger partial charge in [0.05, 0.1) is 0 Å². The van der Waals surface area contributed by atoms with Gasteiger partial charge in [-0.2, -0.15) is 0 Å². The SMILES string of the molecule is CNC(Cc1ccccc1)c1ccc(Br)c(C)c1. The van der Waals surface area contributed by atoms with Crippen molar-refractivity contribution in [1.82, 2.24) is 5.32 Å². The molecular formula is C16H18BrN. The zero-order valence-electron chi connectivity index (χ0n) is 10.8. The van der Waals surface area contributed by atoms with Crippen molar-refractivity contribution in [2.75, 3.05) is 7.05 Å². The largest absolute Gasteiger partial charge is 0.313 e. The first-order valence-corrected chi connectivity index (χ1v) is 6.97. The van der Waals surface area contributed by atoms with Crippen molar-refractivity contribution >= 4 is 15.9 Å². The zero-order chi connectivity index (χ0) is 13.0. The smallest absolute Gasteiger partial charge is 0.0358 e. The van der Waals surface area contributed by atoms with Crippen LogP contribution < -0.4 is 5.32 Å². The number of likely N-dealkylation sites (N-methyl/N-ethyl adjacent to an activating group) is 1. The van der Waals surface area contributed by atoms with E-state index in [2.05, 4.69) is 76.7 Å². The zero-order valence-corrected chi connectivity index (χ0v) is 12.4. The Balaban J connectivity index is 2.20. The van der Waals surface area contributed by atoms with Crippen LogP contribution in [0.3, 0.4) is 0 Å². The van der Waals surface area contributed by atoms with E-state index in [0.29, 0.717) is 6.04 Å². The van der Waals surface area contributed by atoms with E-state index in [4.69, 9.17) is 0 Å². The van der Waals surface area contributed by atoms with Gasteiger partial charge in [0, 0.05) is 10.5 Å². The molecule has 2 heteroatoms. The minimum Gasteiger partial charge on any atom is -0.313 e. The molecule has 0 aliphatic carbocycles. The molecule has 2 aromatic carbocycles. The lowest BCUT2D eigenvalue weighted by atomic mass is 9.98. The van der Waals surface area contributed by atoms with E-state index in [0.717, 1.165) is 6.42 Å². The van der Waals surface area contributed by atoms with Crippen LogP contribution in [0.2, 0.25) is 0 Å². The van der Waals surface area contributed by atoms with E-state index in [1.165, 1.54) is 21.2 Å². The monoisotopic (exact) mass is 303 g/mol. The van der Waals surface area contributed by atoms with Gasteiger partial charge >= 0.3 is 0 Å². The van der Waals surface area contributed by atoms with Crippen LogP contribution in [-0.2, 0) is 6.42 Å². The number of hydrogen-bond donors (Lipinski definition) is 1. The quantitative estimate of drug-likeness (QED) is 0.890. The number of hydrogen-bond acceptors (Lipinski definition) is 1. The third kappa shape index (κ3) is 3.21. The number of aryl methyl sites for hydroxylation is 1.